The number of ether oxygens (including phenoxy) is 1. The summed E-state index contributed by atoms with van der Waals surface area (Å²) in [6.07, 6.45) is 7.17. The van der Waals surface area contributed by atoms with E-state index < -0.39 is 0 Å². The van der Waals surface area contributed by atoms with Gasteiger partial charge in [0, 0.05) is 63.8 Å². The van der Waals surface area contributed by atoms with Crippen LogP contribution in [0.15, 0.2) is 42.2 Å². The number of nitrogens with zero attached hydrogens (tertiary/aromatic N) is 3. The molecular weight excluding hydrogens is 412 g/mol. The monoisotopic (exact) mass is 454 g/mol. The van der Waals surface area contributed by atoms with Crippen molar-refractivity contribution in [3.8, 4) is 0 Å². The van der Waals surface area contributed by atoms with Gasteiger partial charge >= 0.3 is 0 Å². The Bertz CT molecular complexity index is 776. The fourth-order valence-corrected chi connectivity index (χ4v) is 5.81. The highest BCUT2D eigenvalue weighted by molar-refractivity contribution is 5.93. The molecule has 0 bridgehead atoms. The Morgan fingerprint density at radius 3 is 2.42 bits per heavy atom. The molecule has 1 aromatic rings. The normalized spacial score (nSPS) is 28.6. The SMILES string of the molecule is CC.O=C(C1=COCC1)N1CCC(N2CCN(C3CCNC(Cc4ccccc4)C3)CC2)C1. The number of hydrogen-bond donors (Lipinski definition) is 1. The van der Waals surface area contributed by atoms with Gasteiger partial charge in [0.1, 0.15) is 0 Å². The van der Waals surface area contributed by atoms with Gasteiger partial charge in [0.15, 0.2) is 0 Å². The molecule has 3 saturated heterocycles. The van der Waals surface area contributed by atoms with E-state index in [1.165, 1.54) is 18.4 Å². The molecule has 1 aromatic carbocycles. The van der Waals surface area contributed by atoms with Crippen molar-refractivity contribution in [3.63, 3.8) is 0 Å². The van der Waals surface area contributed by atoms with Crippen molar-refractivity contribution in [2.75, 3.05) is 52.4 Å². The molecule has 4 heterocycles. The molecule has 0 saturated carbocycles. The Morgan fingerprint density at radius 2 is 1.73 bits per heavy atom. The van der Waals surface area contributed by atoms with Crippen molar-refractivity contribution < 1.29 is 9.53 Å². The first-order valence-corrected chi connectivity index (χ1v) is 13.1. The van der Waals surface area contributed by atoms with Crippen molar-refractivity contribution in [2.24, 2.45) is 0 Å². The summed E-state index contributed by atoms with van der Waals surface area (Å²) >= 11 is 0. The standard InChI is InChI=1S/C25H36N4O2.C2H6/c30-25(21-8-15-31-19-21)29-10-7-24(18-29)28-13-11-27(12-14-28)23-6-9-26-22(17-23)16-20-4-2-1-3-5-20;1-2/h1-5,19,22-24,26H,6-18H2;1-2H3. The largest absolute Gasteiger partial charge is 0.500 e. The van der Waals surface area contributed by atoms with E-state index in [0.717, 1.165) is 70.6 Å². The second-order valence-electron chi connectivity index (χ2n) is 9.55. The number of carbonyl (C=O) groups is 1. The number of amides is 1. The van der Waals surface area contributed by atoms with E-state index in [-0.39, 0.29) is 5.91 Å². The molecule has 4 aliphatic heterocycles. The lowest BCUT2D eigenvalue weighted by Gasteiger charge is -2.44. The van der Waals surface area contributed by atoms with Crippen LogP contribution in [0.2, 0.25) is 0 Å². The lowest BCUT2D eigenvalue weighted by atomic mass is 9.93. The molecule has 0 radical (unpaired) electrons. The Kier molecular flexibility index (Phi) is 8.82. The van der Waals surface area contributed by atoms with E-state index in [0.29, 0.717) is 24.7 Å². The van der Waals surface area contributed by atoms with Crippen molar-refractivity contribution in [1.82, 2.24) is 20.0 Å². The smallest absolute Gasteiger partial charge is 0.253 e. The van der Waals surface area contributed by atoms with Gasteiger partial charge in [-0.15, -0.1) is 0 Å². The van der Waals surface area contributed by atoms with Crippen LogP contribution in [-0.4, -0.2) is 91.2 Å². The van der Waals surface area contributed by atoms with Crippen LogP contribution in [0.25, 0.3) is 0 Å². The first-order valence-electron chi connectivity index (χ1n) is 13.1. The van der Waals surface area contributed by atoms with E-state index in [1.54, 1.807) is 6.26 Å². The highest BCUT2D eigenvalue weighted by Crippen LogP contribution is 2.24. The molecule has 3 unspecified atom stereocenters. The summed E-state index contributed by atoms with van der Waals surface area (Å²) in [5.74, 6) is 0.192. The topological polar surface area (TPSA) is 48.1 Å². The quantitative estimate of drug-likeness (QED) is 0.741. The van der Waals surface area contributed by atoms with Crippen molar-refractivity contribution in [2.45, 2.75) is 64.1 Å². The Hall–Kier alpha value is -1.89. The lowest BCUT2D eigenvalue weighted by molar-refractivity contribution is -0.126. The van der Waals surface area contributed by atoms with Crippen LogP contribution in [0.4, 0.5) is 0 Å². The average molecular weight is 455 g/mol. The van der Waals surface area contributed by atoms with Crippen LogP contribution in [0, 0.1) is 0 Å². The van der Waals surface area contributed by atoms with Crippen LogP contribution in [0.1, 0.15) is 45.1 Å². The molecule has 0 aromatic heterocycles. The summed E-state index contributed by atoms with van der Waals surface area (Å²) in [4.78, 5) is 20.0. The molecule has 3 atom stereocenters. The number of benzene rings is 1. The summed E-state index contributed by atoms with van der Waals surface area (Å²) in [5, 5.41) is 3.74. The summed E-state index contributed by atoms with van der Waals surface area (Å²) in [6, 6.07) is 12.7. The molecule has 3 fully saturated rings. The Morgan fingerprint density at radius 1 is 1.00 bits per heavy atom. The molecule has 6 nitrogen and oxygen atoms in total. The molecule has 182 valence electrons. The lowest BCUT2D eigenvalue weighted by Crippen LogP contribution is -2.56. The van der Waals surface area contributed by atoms with Crippen LogP contribution >= 0.6 is 0 Å². The van der Waals surface area contributed by atoms with Crippen LogP contribution in [-0.2, 0) is 16.0 Å². The predicted octanol–water partition coefficient (Wildman–Crippen LogP) is 2.90. The van der Waals surface area contributed by atoms with Gasteiger partial charge in [-0.1, -0.05) is 44.2 Å². The third kappa shape index (κ3) is 6.17. The van der Waals surface area contributed by atoms with Gasteiger partial charge in [-0.05, 0) is 37.8 Å². The van der Waals surface area contributed by atoms with Gasteiger partial charge in [-0.2, -0.15) is 0 Å². The Balaban J connectivity index is 0.00000126. The first kappa shape index (κ1) is 24.2. The van der Waals surface area contributed by atoms with E-state index in [1.807, 2.05) is 18.7 Å². The predicted molar refractivity (Wildman–Crippen MR) is 133 cm³/mol. The number of hydrogen-bond acceptors (Lipinski definition) is 5. The highest BCUT2D eigenvalue weighted by atomic mass is 16.5. The molecular formula is C27H42N4O2. The maximum Gasteiger partial charge on any atom is 0.253 e. The van der Waals surface area contributed by atoms with Crippen LogP contribution in [0.5, 0.6) is 0 Å². The molecule has 5 rings (SSSR count). The number of piperazine rings is 1. The third-order valence-corrected chi connectivity index (χ3v) is 7.61. The average Bonchev–Trinajstić information content (AvgIpc) is 3.59. The molecule has 0 aliphatic carbocycles. The zero-order chi connectivity index (χ0) is 23.0. The van der Waals surface area contributed by atoms with E-state index in [4.69, 9.17) is 4.74 Å². The fraction of sp³-hybridized carbons (Fsp3) is 0.667. The van der Waals surface area contributed by atoms with E-state index >= 15 is 0 Å². The number of piperidine rings is 1. The Labute approximate surface area is 199 Å². The zero-order valence-electron chi connectivity index (χ0n) is 20.5. The third-order valence-electron chi connectivity index (χ3n) is 7.61. The summed E-state index contributed by atoms with van der Waals surface area (Å²) < 4.78 is 5.26. The first-order chi connectivity index (χ1) is 16.3. The minimum absolute atomic E-state index is 0.192. The van der Waals surface area contributed by atoms with Gasteiger partial charge in [0.05, 0.1) is 18.4 Å². The second-order valence-corrected chi connectivity index (χ2v) is 9.55. The molecule has 1 N–H and O–H groups in total. The number of likely N-dealkylation sites (tertiary alicyclic amines) is 1. The summed E-state index contributed by atoms with van der Waals surface area (Å²) in [6.45, 7) is 12.1. The van der Waals surface area contributed by atoms with Crippen molar-refractivity contribution in [1.29, 1.82) is 0 Å². The van der Waals surface area contributed by atoms with Crippen molar-refractivity contribution >= 4 is 5.91 Å². The maximum atomic E-state index is 12.6. The highest BCUT2D eigenvalue weighted by Gasteiger charge is 2.35. The maximum absolute atomic E-state index is 12.6. The van der Waals surface area contributed by atoms with Gasteiger partial charge < -0.3 is 15.0 Å². The molecule has 0 spiro atoms. The van der Waals surface area contributed by atoms with Gasteiger partial charge in [0.25, 0.3) is 5.91 Å². The molecule has 4 aliphatic rings. The van der Waals surface area contributed by atoms with Crippen LogP contribution in [0.3, 0.4) is 0 Å². The van der Waals surface area contributed by atoms with Crippen molar-refractivity contribution in [3.05, 3.63) is 47.7 Å². The second kappa shape index (κ2) is 12.0. The van der Waals surface area contributed by atoms with Crippen LogP contribution < -0.4 is 5.32 Å². The van der Waals surface area contributed by atoms with E-state index in [2.05, 4.69) is 45.4 Å². The molecule has 1 amide bonds. The minimum atomic E-state index is 0.192. The van der Waals surface area contributed by atoms with E-state index in [9.17, 15) is 4.79 Å². The number of nitrogens with one attached hydrogen (secondary N) is 1. The zero-order valence-corrected chi connectivity index (χ0v) is 20.5. The van der Waals surface area contributed by atoms with Gasteiger partial charge in [-0.3, -0.25) is 14.6 Å². The number of carbonyl (C=O) groups excluding carboxylic acids is 1. The van der Waals surface area contributed by atoms with Gasteiger partial charge in [0.2, 0.25) is 0 Å². The summed E-state index contributed by atoms with van der Waals surface area (Å²) in [5.41, 5.74) is 2.28. The van der Waals surface area contributed by atoms with Gasteiger partial charge in [-0.25, -0.2) is 0 Å². The minimum Gasteiger partial charge on any atom is -0.500 e. The fourth-order valence-electron chi connectivity index (χ4n) is 5.81. The summed E-state index contributed by atoms with van der Waals surface area (Å²) in [7, 11) is 0. The number of rotatable bonds is 5. The molecule has 33 heavy (non-hydrogen) atoms. The molecule has 6 heteroatoms.